The SMILES string of the molecule is Cc1ccc2nc(C)c(C(=O)NCc3ccc4c(c3)OCC(C3CCC3)N4C)n2c1. The van der Waals surface area contributed by atoms with Gasteiger partial charge in [-0.25, -0.2) is 4.98 Å². The Morgan fingerprint density at radius 1 is 1.23 bits per heavy atom. The number of carbonyl (C=O) groups is 1. The van der Waals surface area contributed by atoms with Crippen LogP contribution in [0.25, 0.3) is 5.65 Å². The summed E-state index contributed by atoms with van der Waals surface area (Å²) in [6.07, 6.45) is 5.90. The lowest BCUT2D eigenvalue weighted by molar-refractivity contribution is 0.0944. The number of likely N-dealkylation sites (N-methyl/N-ethyl adjacent to an activating group) is 1. The molecule has 6 nitrogen and oxygen atoms in total. The van der Waals surface area contributed by atoms with Crippen molar-refractivity contribution in [3.8, 4) is 5.75 Å². The van der Waals surface area contributed by atoms with E-state index in [9.17, 15) is 4.79 Å². The van der Waals surface area contributed by atoms with Crippen molar-refractivity contribution in [2.75, 3.05) is 18.6 Å². The molecule has 156 valence electrons. The monoisotopic (exact) mass is 404 g/mol. The number of aromatic nitrogens is 2. The largest absolute Gasteiger partial charge is 0.489 e. The molecule has 1 unspecified atom stereocenters. The maximum absolute atomic E-state index is 12.9. The highest BCUT2D eigenvalue weighted by atomic mass is 16.5. The Balaban J connectivity index is 1.31. The van der Waals surface area contributed by atoms with E-state index in [1.165, 1.54) is 19.3 Å². The highest BCUT2D eigenvalue weighted by Gasteiger charge is 2.34. The summed E-state index contributed by atoms with van der Waals surface area (Å²) in [5, 5.41) is 3.05. The fourth-order valence-corrected chi connectivity index (χ4v) is 4.63. The van der Waals surface area contributed by atoms with E-state index in [1.807, 2.05) is 36.6 Å². The van der Waals surface area contributed by atoms with Gasteiger partial charge in [0.15, 0.2) is 0 Å². The summed E-state index contributed by atoms with van der Waals surface area (Å²) < 4.78 is 7.97. The number of imidazole rings is 1. The Bertz CT molecular complexity index is 1120. The number of anilines is 1. The van der Waals surface area contributed by atoms with E-state index >= 15 is 0 Å². The van der Waals surface area contributed by atoms with Gasteiger partial charge in [0.25, 0.3) is 5.91 Å². The number of ether oxygens (including phenoxy) is 1. The molecule has 1 aliphatic heterocycles. The minimum Gasteiger partial charge on any atom is -0.489 e. The van der Waals surface area contributed by atoms with Crippen LogP contribution in [0.5, 0.6) is 5.75 Å². The van der Waals surface area contributed by atoms with Gasteiger partial charge in [0.2, 0.25) is 0 Å². The third-order valence-corrected chi connectivity index (χ3v) is 6.61. The van der Waals surface area contributed by atoms with E-state index in [2.05, 4.69) is 40.4 Å². The zero-order valence-corrected chi connectivity index (χ0v) is 17.8. The van der Waals surface area contributed by atoms with Crippen LogP contribution in [-0.2, 0) is 6.54 Å². The number of nitrogens with zero attached hydrogens (tertiary/aromatic N) is 3. The van der Waals surface area contributed by atoms with Crippen LogP contribution in [0.1, 0.15) is 46.6 Å². The fourth-order valence-electron chi connectivity index (χ4n) is 4.63. The van der Waals surface area contributed by atoms with E-state index in [0.717, 1.165) is 46.4 Å². The number of rotatable bonds is 4. The van der Waals surface area contributed by atoms with Crippen molar-refractivity contribution in [3.63, 3.8) is 0 Å². The molecule has 1 fully saturated rings. The van der Waals surface area contributed by atoms with Gasteiger partial charge in [-0.05, 0) is 61.9 Å². The maximum Gasteiger partial charge on any atom is 0.270 e. The van der Waals surface area contributed by atoms with Crippen molar-refractivity contribution in [3.05, 3.63) is 59.0 Å². The maximum atomic E-state index is 12.9. The van der Waals surface area contributed by atoms with Crippen LogP contribution in [0.15, 0.2) is 36.5 Å². The summed E-state index contributed by atoms with van der Waals surface area (Å²) in [5.41, 5.74) is 5.36. The molecule has 5 rings (SSSR count). The van der Waals surface area contributed by atoms with Gasteiger partial charge in [0, 0.05) is 19.8 Å². The minimum absolute atomic E-state index is 0.119. The first kappa shape index (κ1) is 19.0. The van der Waals surface area contributed by atoms with Gasteiger partial charge in [-0.15, -0.1) is 0 Å². The number of benzene rings is 1. The molecule has 1 aromatic carbocycles. The van der Waals surface area contributed by atoms with Crippen molar-refractivity contribution in [2.24, 2.45) is 5.92 Å². The highest BCUT2D eigenvalue weighted by Crippen LogP contribution is 2.40. The average Bonchev–Trinajstić information content (AvgIpc) is 3.02. The molecule has 2 aliphatic rings. The van der Waals surface area contributed by atoms with E-state index in [-0.39, 0.29) is 5.91 Å². The molecule has 3 aromatic rings. The van der Waals surface area contributed by atoms with Gasteiger partial charge in [-0.1, -0.05) is 18.6 Å². The first-order chi connectivity index (χ1) is 14.5. The van der Waals surface area contributed by atoms with E-state index in [0.29, 0.717) is 18.3 Å². The third-order valence-electron chi connectivity index (χ3n) is 6.61. The molecular weight excluding hydrogens is 376 g/mol. The molecule has 2 aromatic heterocycles. The van der Waals surface area contributed by atoms with Gasteiger partial charge in [-0.2, -0.15) is 0 Å². The highest BCUT2D eigenvalue weighted by molar-refractivity contribution is 5.94. The molecule has 30 heavy (non-hydrogen) atoms. The zero-order valence-electron chi connectivity index (χ0n) is 17.8. The van der Waals surface area contributed by atoms with E-state index in [1.54, 1.807) is 0 Å². The van der Waals surface area contributed by atoms with Gasteiger partial charge in [0.1, 0.15) is 23.7 Å². The second kappa shape index (κ2) is 7.35. The lowest BCUT2D eigenvalue weighted by Crippen LogP contribution is -2.47. The molecule has 1 N–H and O–H groups in total. The Hall–Kier alpha value is -3.02. The number of aryl methyl sites for hydroxylation is 2. The van der Waals surface area contributed by atoms with Crippen molar-refractivity contribution in [1.29, 1.82) is 0 Å². The van der Waals surface area contributed by atoms with Crippen LogP contribution >= 0.6 is 0 Å². The standard InChI is InChI=1S/C24H28N4O2/c1-15-7-10-22-26-16(2)23(28(22)13-15)24(29)25-12-17-8-9-19-21(11-17)30-14-20(27(19)3)18-5-4-6-18/h7-11,13,18,20H,4-6,12,14H2,1-3H3,(H,25,29). The van der Waals surface area contributed by atoms with Crippen LogP contribution in [-0.4, -0.2) is 35.0 Å². The van der Waals surface area contributed by atoms with Crippen LogP contribution in [0, 0.1) is 19.8 Å². The molecule has 0 radical (unpaired) electrons. The van der Waals surface area contributed by atoms with Crippen molar-refractivity contribution >= 4 is 17.2 Å². The van der Waals surface area contributed by atoms with Crippen LogP contribution in [0.2, 0.25) is 0 Å². The second-order valence-corrected chi connectivity index (χ2v) is 8.65. The van der Waals surface area contributed by atoms with Gasteiger partial charge in [-0.3, -0.25) is 9.20 Å². The smallest absolute Gasteiger partial charge is 0.270 e. The Labute approximate surface area is 176 Å². The van der Waals surface area contributed by atoms with Gasteiger partial charge in [0.05, 0.1) is 17.4 Å². The predicted octanol–water partition coefficient (Wildman–Crippen LogP) is 3.88. The first-order valence-electron chi connectivity index (χ1n) is 10.7. The third kappa shape index (κ3) is 3.20. The molecule has 1 amide bonds. The number of pyridine rings is 1. The molecule has 0 saturated heterocycles. The average molecular weight is 405 g/mol. The number of nitrogens with one attached hydrogen (secondary N) is 1. The molecule has 1 atom stereocenters. The number of amides is 1. The van der Waals surface area contributed by atoms with Crippen LogP contribution in [0.3, 0.4) is 0 Å². The summed E-state index contributed by atoms with van der Waals surface area (Å²) in [6, 6.07) is 10.7. The quantitative estimate of drug-likeness (QED) is 0.717. The number of carbonyl (C=O) groups excluding carboxylic acids is 1. The van der Waals surface area contributed by atoms with Crippen LogP contribution in [0.4, 0.5) is 5.69 Å². The lowest BCUT2D eigenvalue weighted by atomic mass is 9.79. The Morgan fingerprint density at radius 2 is 2.07 bits per heavy atom. The normalized spacial score (nSPS) is 18.6. The summed E-state index contributed by atoms with van der Waals surface area (Å²) in [4.78, 5) is 19.8. The fraction of sp³-hybridized carbons (Fsp3) is 0.417. The van der Waals surface area contributed by atoms with E-state index in [4.69, 9.17) is 4.74 Å². The van der Waals surface area contributed by atoms with Crippen molar-refractivity contribution in [1.82, 2.24) is 14.7 Å². The summed E-state index contributed by atoms with van der Waals surface area (Å²) in [6.45, 7) is 5.07. The Morgan fingerprint density at radius 3 is 2.83 bits per heavy atom. The molecule has 3 heterocycles. The topological polar surface area (TPSA) is 58.9 Å². The number of hydrogen-bond acceptors (Lipinski definition) is 4. The summed E-state index contributed by atoms with van der Waals surface area (Å²) in [7, 11) is 2.17. The number of hydrogen-bond donors (Lipinski definition) is 1. The zero-order chi connectivity index (χ0) is 20.8. The molecular formula is C24H28N4O2. The molecule has 0 spiro atoms. The van der Waals surface area contributed by atoms with Gasteiger partial charge >= 0.3 is 0 Å². The van der Waals surface area contributed by atoms with Crippen LogP contribution < -0.4 is 15.0 Å². The lowest BCUT2D eigenvalue weighted by Gasteiger charge is -2.43. The molecule has 1 saturated carbocycles. The van der Waals surface area contributed by atoms with Crippen molar-refractivity contribution in [2.45, 2.75) is 45.7 Å². The molecule has 6 heteroatoms. The number of fused-ring (bicyclic) bond motifs is 2. The van der Waals surface area contributed by atoms with Crippen molar-refractivity contribution < 1.29 is 9.53 Å². The summed E-state index contributed by atoms with van der Waals surface area (Å²) >= 11 is 0. The molecule has 0 bridgehead atoms. The first-order valence-corrected chi connectivity index (χ1v) is 10.7. The molecule has 1 aliphatic carbocycles. The summed E-state index contributed by atoms with van der Waals surface area (Å²) in [5.74, 6) is 1.53. The predicted molar refractivity (Wildman–Crippen MR) is 117 cm³/mol. The van der Waals surface area contributed by atoms with Gasteiger partial charge < -0.3 is 15.0 Å². The van der Waals surface area contributed by atoms with E-state index < -0.39 is 0 Å². The Kier molecular flexibility index (Phi) is 4.65. The second-order valence-electron chi connectivity index (χ2n) is 8.65. The minimum atomic E-state index is -0.119.